The van der Waals surface area contributed by atoms with E-state index in [1.807, 2.05) is 0 Å². The monoisotopic (exact) mass is 365 g/mol. The van der Waals surface area contributed by atoms with Gasteiger partial charge < -0.3 is 0 Å². The molecule has 0 N–H and O–H groups in total. The first-order chi connectivity index (χ1) is 13.0. The second-order valence-electron chi connectivity index (χ2n) is 10.1. The van der Waals surface area contributed by atoms with Crippen LogP contribution < -0.4 is 0 Å². The van der Waals surface area contributed by atoms with Crippen molar-refractivity contribution in [2.75, 3.05) is 6.54 Å². The first-order valence-electron chi connectivity index (χ1n) is 10.9. The van der Waals surface area contributed by atoms with E-state index >= 15 is 0 Å². The van der Waals surface area contributed by atoms with Crippen molar-refractivity contribution in [3.63, 3.8) is 0 Å². The molecule has 144 valence electrons. The number of nitrogens with zero attached hydrogens (tertiary/aromatic N) is 1. The van der Waals surface area contributed by atoms with Crippen LogP contribution in [0.5, 0.6) is 0 Å². The summed E-state index contributed by atoms with van der Waals surface area (Å²) in [6.07, 6.45) is 10.5. The molecule has 1 aromatic rings. The van der Waals surface area contributed by atoms with Gasteiger partial charge in [-0.2, -0.15) is 0 Å². The highest BCUT2D eigenvalue weighted by Crippen LogP contribution is 2.61. The number of carbonyl (C=O) groups is 2. The molecule has 3 nitrogen and oxygen atoms in total. The van der Waals surface area contributed by atoms with Gasteiger partial charge in [0.05, 0.1) is 5.92 Å². The molecule has 0 spiro atoms. The van der Waals surface area contributed by atoms with Gasteiger partial charge in [0.1, 0.15) is 0 Å². The number of benzene rings is 1. The Morgan fingerprint density at radius 3 is 2.15 bits per heavy atom. The fourth-order valence-electron chi connectivity index (χ4n) is 7.10. The Balaban J connectivity index is 1.23. The Morgan fingerprint density at radius 1 is 0.963 bits per heavy atom. The Hall–Kier alpha value is -1.64. The zero-order valence-corrected chi connectivity index (χ0v) is 16.5. The second kappa shape index (κ2) is 6.46. The van der Waals surface area contributed by atoms with Crippen LogP contribution in [0.3, 0.4) is 0 Å². The normalized spacial score (nSPS) is 37.4. The van der Waals surface area contributed by atoms with Crippen LogP contribution in [0.2, 0.25) is 0 Å². The van der Waals surface area contributed by atoms with Gasteiger partial charge in [-0.1, -0.05) is 29.8 Å². The van der Waals surface area contributed by atoms with Crippen LogP contribution in [0.1, 0.15) is 62.5 Å². The number of likely N-dealkylation sites (tertiary alicyclic amines) is 1. The van der Waals surface area contributed by atoms with Crippen LogP contribution in [0.15, 0.2) is 24.3 Å². The molecule has 0 radical (unpaired) electrons. The Kier molecular flexibility index (Phi) is 4.18. The summed E-state index contributed by atoms with van der Waals surface area (Å²) in [5, 5.41) is 0. The van der Waals surface area contributed by atoms with Gasteiger partial charge in [-0.15, -0.1) is 0 Å². The maximum Gasteiger partial charge on any atom is 0.233 e. The fraction of sp³-hybridized carbons (Fsp3) is 0.667. The SMILES string of the molecule is Cc1ccc(C[C@@H]2CC(=O)N(CCC34CC5CC(CC(C5)C3)C4)C2=O)cc1. The summed E-state index contributed by atoms with van der Waals surface area (Å²) in [6, 6.07) is 8.35. The van der Waals surface area contributed by atoms with Crippen molar-refractivity contribution in [2.24, 2.45) is 29.1 Å². The molecule has 4 aliphatic carbocycles. The molecule has 5 aliphatic rings. The minimum Gasteiger partial charge on any atom is -0.282 e. The quantitative estimate of drug-likeness (QED) is 0.720. The molecular weight excluding hydrogens is 334 g/mol. The molecule has 0 unspecified atom stereocenters. The van der Waals surface area contributed by atoms with Gasteiger partial charge in [0, 0.05) is 13.0 Å². The molecule has 1 aliphatic heterocycles. The number of imide groups is 1. The van der Waals surface area contributed by atoms with Crippen molar-refractivity contribution in [2.45, 2.75) is 64.7 Å². The first kappa shape index (κ1) is 17.5. The molecule has 2 amide bonds. The van der Waals surface area contributed by atoms with Crippen molar-refractivity contribution in [3.05, 3.63) is 35.4 Å². The number of amides is 2. The largest absolute Gasteiger partial charge is 0.282 e. The summed E-state index contributed by atoms with van der Waals surface area (Å²) < 4.78 is 0. The molecule has 5 fully saturated rings. The summed E-state index contributed by atoms with van der Waals surface area (Å²) in [6.45, 7) is 2.73. The van der Waals surface area contributed by atoms with Crippen molar-refractivity contribution in [1.29, 1.82) is 0 Å². The summed E-state index contributed by atoms with van der Waals surface area (Å²) in [5.74, 6) is 2.75. The lowest BCUT2D eigenvalue weighted by Gasteiger charge is -2.57. The number of rotatable bonds is 5. The lowest BCUT2D eigenvalue weighted by atomic mass is 9.49. The van der Waals surface area contributed by atoms with E-state index in [9.17, 15) is 9.59 Å². The van der Waals surface area contributed by atoms with E-state index in [0.29, 0.717) is 24.8 Å². The number of hydrogen-bond acceptors (Lipinski definition) is 2. The molecule has 1 heterocycles. The molecule has 0 aromatic heterocycles. The molecule has 1 saturated heterocycles. The maximum atomic E-state index is 12.9. The third kappa shape index (κ3) is 3.23. The van der Waals surface area contributed by atoms with Crippen LogP contribution in [0, 0.1) is 36.0 Å². The standard InChI is InChI=1S/C24H31NO2/c1-16-2-4-17(5-3-16)11-21-12-22(26)25(23(21)27)7-6-24-13-18-8-19(14-24)10-20(9-18)15-24/h2-5,18-21H,6-15H2,1H3/t18?,19?,20?,21-,24?/m1/s1. The van der Waals surface area contributed by atoms with Gasteiger partial charge in [0.2, 0.25) is 11.8 Å². The smallest absolute Gasteiger partial charge is 0.233 e. The predicted molar refractivity (Wildman–Crippen MR) is 105 cm³/mol. The minimum absolute atomic E-state index is 0.0573. The van der Waals surface area contributed by atoms with Gasteiger partial charge in [0.25, 0.3) is 0 Å². The van der Waals surface area contributed by atoms with Gasteiger partial charge in [-0.05, 0) is 87.0 Å². The Morgan fingerprint density at radius 2 is 1.56 bits per heavy atom. The van der Waals surface area contributed by atoms with Crippen LogP contribution in [0.25, 0.3) is 0 Å². The molecule has 4 saturated carbocycles. The first-order valence-corrected chi connectivity index (χ1v) is 10.9. The molecule has 27 heavy (non-hydrogen) atoms. The van der Waals surface area contributed by atoms with E-state index in [-0.39, 0.29) is 17.7 Å². The number of carbonyl (C=O) groups excluding carboxylic acids is 2. The number of hydrogen-bond donors (Lipinski definition) is 0. The van der Waals surface area contributed by atoms with E-state index in [4.69, 9.17) is 0 Å². The molecule has 6 rings (SSSR count). The zero-order chi connectivity index (χ0) is 18.6. The van der Waals surface area contributed by atoms with Gasteiger partial charge >= 0.3 is 0 Å². The highest BCUT2D eigenvalue weighted by Gasteiger charge is 2.51. The lowest BCUT2D eigenvalue weighted by Crippen LogP contribution is -2.47. The fourth-order valence-corrected chi connectivity index (χ4v) is 7.10. The third-order valence-electron chi connectivity index (χ3n) is 7.97. The molecule has 1 atom stereocenters. The van der Waals surface area contributed by atoms with E-state index < -0.39 is 0 Å². The predicted octanol–water partition coefficient (Wildman–Crippen LogP) is 4.52. The third-order valence-corrected chi connectivity index (χ3v) is 7.97. The Labute approximate surface area is 162 Å². The highest BCUT2D eigenvalue weighted by molar-refractivity contribution is 6.03. The molecule has 4 bridgehead atoms. The summed E-state index contributed by atoms with van der Waals surface area (Å²) >= 11 is 0. The van der Waals surface area contributed by atoms with Crippen LogP contribution in [-0.2, 0) is 16.0 Å². The minimum atomic E-state index is -0.156. The zero-order valence-electron chi connectivity index (χ0n) is 16.5. The summed E-state index contributed by atoms with van der Waals surface area (Å²) in [4.78, 5) is 27.1. The maximum absolute atomic E-state index is 12.9. The van der Waals surface area contributed by atoms with Crippen molar-refractivity contribution < 1.29 is 9.59 Å². The lowest BCUT2D eigenvalue weighted by molar-refractivity contribution is -0.140. The molecule has 1 aromatic carbocycles. The molecule has 3 heteroatoms. The van der Waals surface area contributed by atoms with Gasteiger partial charge in [-0.3, -0.25) is 14.5 Å². The van der Waals surface area contributed by atoms with Crippen LogP contribution >= 0.6 is 0 Å². The second-order valence-corrected chi connectivity index (χ2v) is 10.1. The van der Waals surface area contributed by atoms with Crippen LogP contribution in [-0.4, -0.2) is 23.3 Å². The average Bonchev–Trinajstić information content (AvgIpc) is 2.87. The number of aryl methyl sites for hydroxylation is 1. The van der Waals surface area contributed by atoms with E-state index in [2.05, 4.69) is 31.2 Å². The van der Waals surface area contributed by atoms with E-state index in [0.717, 1.165) is 29.7 Å². The Bertz CT molecular complexity index is 715. The summed E-state index contributed by atoms with van der Waals surface area (Å²) in [7, 11) is 0. The van der Waals surface area contributed by atoms with Crippen molar-refractivity contribution in [3.8, 4) is 0 Å². The topological polar surface area (TPSA) is 37.4 Å². The summed E-state index contributed by atoms with van der Waals surface area (Å²) in [5.41, 5.74) is 2.82. The van der Waals surface area contributed by atoms with Crippen molar-refractivity contribution >= 4 is 11.8 Å². The van der Waals surface area contributed by atoms with Crippen LogP contribution in [0.4, 0.5) is 0 Å². The van der Waals surface area contributed by atoms with Crippen molar-refractivity contribution in [1.82, 2.24) is 4.90 Å². The van der Waals surface area contributed by atoms with E-state index in [1.165, 1.54) is 44.1 Å². The van der Waals surface area contributed by atoms with Gasteiger partial charge in [-0.25, -0.2) is 0 Å². The molecular formula is C24H31NO2. The van der Waals surface area contributed by atoms with E-state index in [1.54, 1.807) is 4.90 Å². The van der Waals surface area contributed by atoms with Gasteiger partial charge in [0.15, 0.2) is 0 Å². The highest BCUT2D eigenvalue weighted by atomic mass is 16.2. The average molecular weight is 366 g/mol.